The van der Waals surface area contributed by atoms with Crippen molar-refractivity contribution in [3.8, 4) is 0 Å². The fraction of sp³-hybridized carbons (Fsp3) is 0.267. The summed E-state index contributed by atoms with van der Waals surface area (Å²) in [7, 11) is 0. The Labute approximate surface area is 144 Å². The Morgan fingerprint density at radius 3 is 2.39 bits per heavy atom. The van der Waals surface area contributed by atoms with Crippen LogP contribution in [-0.4, -0.2) is 29.0 Å². The number of nitrogens with one attached hydrogen (secondary N) is 2. The molecule has 0 aliphatic heterocycles. The molecule has 4 N–H and O–H groups in total. The Hall–Kier alpha value is -1.89. The third-order valence-electron chi connectivity index (χ3n) is 3.14. The first-order valence-electron chi connectivity index (χ1n) is 6.97. The lowest BCUT2D eigenvalue weighted by atomic mass is 10.1. The number of rotatable bonds is 5. The van der Waals surface area contributed by atoms with Crippen LogP contribution in [0.5, 0.6) is 0 Å². The highest BCUT2D eigenvalue weighted by Gasteiger charge is 2.14. The van der Waals surface area contributed by atoms with E-state index in [4.69, 9.17) is 28.9 Å². The number of halogens is 2. The predicted molar refractivity (Wildman–Crippen MR) is 93.5 cm³/mol. The summed E-state index contributed by atoms with van der Waals surface area (Å²) in [5, 5.41) is 6.09. The Morgan fingerprint density at radius 1 is 1.17 bits per heavy atom. The van der Waals surface area contributed by atoms with Gasteiger partial charge in [-0.25, -0.2) is 9.97 Å². The normalized spacial score (nSPS) is 10.5. The number of carbonyl (C=O) groups is 1. The van der Waals surface area contributed by atoms with Gasteiger partial charge < -0.3 is 16.4 Å². The van der Waals surface area contributed by atoms with Gasteiger partial charge in [0.25, 0.3) is 5.91 Å². The smallest absolute Gasteiger partial charge is 0.274 e. The number of hydrogen-bond donors (Lipinski definition) is 3. The van der Waals surface area contributed by atoms with Gasteiger partial charge in [-0.05, 0) is 48.7 Å². The summed E-state index contributed by atoms with van der Waals surface area (Å²) in [5.74, 6) is -0.398. The van der Waals surface area contributed by atoms with E-state index in [9.17, 15) is 4.79 Å². The molecule has 8 heteroatoms. The molecule has 2 aromatic rings. The van der Waals surface area contributed by atoms with Gasteiger partial charge in [0.15, 0.2) is 0 Å². The van der Waals surface area contributed by atoms with E-state index in [1.807, 2.05) is 26.0 Å². The number of aryl methyl sites for hydroxylation is 2. The molecular weight excluding hydrogens is 337 g/mol. The Bertz CT molecular complexity index is 693. The molecule has 0 aliphatic rings. The second-order valence-corrected chi connectivity index (χ2v) is 5.72. The van der Waals surface area contributed by atoms with Crippen molar-refractivity contribution < 1.29 is 4.79 Å². The fourth-order valence-electron chi connectivity index (χ4n) is 2.16. The number of nitrogens with two attached hydrogens (primary N) is 1. The van der Waals surface area contributed by atoms with E-state index in [0.717, 1.165) is 22.5 Å². The lowest BCUT2D eigenvalue weighted by Crippen LogP contribution is -2.17. The maximum absolute atomic E-state index is 12.3. The number of carbonyl (C=O) groups excluding carboxylic acids is 1. The number of anilines is 2. The molecule has 23 heavy (non-hydrogen) atoms. The molecule has 122 valence electrons. The Morgan fingerprint density at radius 2 is 1.83 bits per heavy atom. The highest BCUT2D eigenvalue weighted by molar-refractivity contribution is 6.32. The lowest BCUT2D eigenvalue weighted by molar-refractivity contribution is 0.102. The van der Waals surface area contributed by atoms with Crippen molar-refractivity contribution >= 4 is 40.5 Å². The second kappa shape index (κ2) is 7.59. The average molecular weight is 354 g/mol. The standard InChI is InChI=1S/C15H17Cl2N5O/c1-8-5-10(19-4-3-18)6-9(2)13(8)22-14(23)11-7-12(16)21-15(17)20-11/h5-7,19H,3-4,18H2,1-2H3,(H,22,23). The molecule has 1 heterocycles. The van der Waals surface area contributed by atoms with Gasteiger partial charge in [-0.15, -0.1) is 0 Å². The molecule has 1 amide bonds. The van der Waals surface area contributed by atoms with Gasteiger partial charge in [-0.1, -0.05) is 11.6 Å². The lowest BCUT2D eigenvalue weighted by Gasteiger charge is -2.14. The summed E-state index contributed by atoms with van der Waals surface area (Å²) >= 11 is 11.5. The zero-order valence-corrected chi connectivity index (χ0v) is 14.3. The van der Waals surface area contributed by atoms with Crippen molar-refractivity contribution in [3.05, 3.63) is 45.5 Å². The Kier molecular flexibility index (Phi) is 5.76. The number of amides is 1. The van der Waals surface area contributed by atoms with Crippen molar-refractivity contribution in [2.45, 2.75) is 13.8 Å². The summed E-state index contributed by atoms with van der Waals surface area (Å²) in [6.07, 6.45) is 0. The van der Waals surface area contributed by atoms with Crippen molar-refractivity contribution in [2.75, 3.05) is 23.7 Å². The van der Waals surface area contributed by atoms with E-state index in [-0.39, 0.29) is 16.1 Å². The van der Waals surface area contributed by atoms with Crippen LogP contribution in [0.15, 0.2) is 18.2 Å². The summed E-state index contributed by atoms with van der Waals surface area (Å²) in [6.45, 7) is 5.06. The van der Waals surface area contributed by atoms with Crippen LogP contribution in [0, 0.1) is 13.8 Å². The largest absolute Gasteiger partial charge is 0.384 e. The van der Waals surface area contributed by atoms with Crippen molar-refractivity contribution in [1.29, 1.82) is 0 Å². The first-order chi connectivity index (χ1) is 10.9. The van der Waals surface area contributed by atoms with Gasteiger partial charge in [0.1, 0.15) is 10.8 Å². The average Bonchev–Trinajstić information content (AvgIpc) is 2.47. The van der Waals surface area contributed by atoms with Gasteiger partial charge in [0.05, 0.1) is 0 Å². The van der Waals surface area contributed by atoms with Crippen LogP contribution in [-0.2, 0) is 0 Å². The van der Waals surface area contributed by atoms with Gasteiger partial charge in [-0.2, -0.15) is 0 Å². The molecule has 0 spiro atoms. The number of benzene rings is 1. The van der Waals surface area contributed by atoms with Crippen LogP contribution >= 0.6 is 23.2 Å². The van der Waals surface area contributed by atoms with Gasteiger partial charge >= 0.3 is 0 Å². The fourth-order valence-corrected chi connectivity index (χ4v) is 2.57. The van der Waals surface area contributed by atoms with Crippen LogP contribution in [0.2, 0.25) is 10.4 Å². The van der Waals surface area contributed by atoms with E-state index >= 15 is 0 Å². The maximum atomic E-state index is 12.3. The van der Waals surface area contributed by atoms with Gasteiger partial charge in [0.2, 0.25) is 5.28 Å². The molecule has 0 aliphatic carbocycles. The molecule has 0 radical (unpaired) electrons. The summed E-state index contributed by atoms with van der Waals surface area (Å²) < 4.78 is 0. The number of nitrogens with zero attached hydrogens (tertiary/aromatic N) is 2. The SMILES string of the molecule is Cc1cc(NCCN)cc(C)c1NC(=O)c1cc(Cl)nc(Cl)n1. The third kappa shape index (κ3) is 4.54. The van der Waals surface area contributed by atoms with E-state index in [1.54, 1.807) is 0 Å². The highest BCUT2D eigenvalue weighted by Crippen LogP contribution is 2.25. The first kappa shape index (κ1) is 17.5. The zero-order chi connectivity index (χ0) is 17.0. The monoisotopic (exact) mass is 353 g/mol. The predicted octanol–water partition coefficient (Wildman–Crippen LogP) is 3.02. The Balaban J connectivity index is 2.23. The van der Waals surface area contributed by atoms with E-state index in [1.165, 1.54) is 6.07 Å². The first-order valence-corrected chi connectivity index (χ1v) is 7.73. The van der Waals surface area contributed by atoms with Gasteiger partial charge in [-0.3, -0.25) is 4.79 Å². The molecular formula is C15H17Cl2N5O. The minimum atomic E-state index is -0.398. The third-order valence-corrected chi connectivity index (χ3v) is 3.51. The summed E-state index contributed by atoms with van der Waals surface area (Å²) in [5.41, 5.74) is 9.11. The topological polar surface area (TPSA) is 92.9 Å². The minimum Gasteiger partial charge on any atom is -0.384 e. The van der Waals surface area contributed by atoms with E-state index in [0.29, 0.717) is 13.1 Å². The molecule has 0 saturated heterocycles. The zero-order valence-electron chi connectivity index (χ0n) is 12.8. The maximum Gasteiger partial charge on any atom is 0.274 e. The summed E-state index contributed by atoms with van der Waals surface area (Å²) in [4.78, 5) is 19.9. The molecule has 6 nitrogen and oxygen atoms in total. The summed E-state index contributed by atoms with van der Waals surface area (Å²) in [6, 6.07) is 5.25. The number of aromatic nitrogens is 2. The van der Waals surface area contributed by atoms with Crippen LogP contribution in [0.3, 0.4) is 0 Å². The van der Waals surface area contributed by atoms with Crippen LogP contribution in [0.1, 0.15) is 21.6 Å². The van der Waals surface area contributed by atoms with Crippen LogP contribution in [0.25, 0.3) is 0 Å². The van der Waals surface area contributed by atoms with Crippen molar-refractivity contribution in [2.24, 2.45) is 5.73 Å². The van der Waals surface area contributed by atoms with Gasteiger partial charge in [0, 0.05) is 30.5 Å². The van der Waals surface area contributed by atoms with E-state index < -0.39 is 5.91 Å². The van der Waals surface area contributed by atoms with Crippen LogP contribution < -0.4 is 16.4 Å². The molecule has 0 saturated carbocycles. The van der Waals surface area contributed by atoms with Crippen molar-refractivity contribution in [3.63, 3.8) is 0 Å². The van der Waals surface area contributed by atoms with Crippen molar-refractivity contribution in [1.82, 2.24) is 9.97 Å². The minimum absolute atomic E-state index is 0.0718. The molecule has 1 aromatic carbocycles. The molecule has 2 rings (SSSR count). The molecule has 0 atom stereocenters. The molecule has 0 fully saturated rings. The molecule has 0 bridgehead atoms. The number of hydrogen-bond acceptors (Lipinski definition) is 5. The molecule has 1 aromatic heterocycles. The van der Waals surface area contributed by atoms with E-state index in [2.05, 4.69) is 20.6 Å². The highest BCUT2D eigenvalue weighted by atomic mass is 35.5. The second-order valence-electron chi connectivity index (χ2n) is 5.00. The quantitative estimate of drug-likeness (QED) is 0.567. The van der Waals surface area contributed by atoms with Crippen LogP contribution in [0.4, 0.5) is 11.4 Å². The molecule has 0 unspecified atom stereocenters.